The van der Waals surface area contributed by atoms with Gasteiger partial charge in [-0.25, -0.2) is 14.5 Å². The summed E-state index contributed by atoms with van der Waals surface area (Å²) in [5.74, 6) is 0.676. The Labute approximate surface area is 157 Å². The number of aromatic nitrogens is 5. The van der Waals surface area contributed by atoms with Gasteiger partial charge in [-0.1, -0.05) is 0 Å². The number of ether oxygens (including phenoxy) is 1. The van der Waals surface area contributed by atoms with Crippen molar-refractivity contribution in [3.8, 4) is 11.1 Å². The third-order valence-electron chi connectivity index (χ3n) is 5.46. The Hall–Kier alpha value is -2.93. The Balaban J connectivity index is 1.39. The average molecular weight is 362 g/mol. The number of pyridine rings is 1. The Morgan fingerprint density at radius 3 is 2.81 bits per heavy atom. The molecule has 7 heteroatoms. The van der Waals surface area contributed by atoms with E-state index in [9.17, 15) is 0 Å². The molecule has 1 saturated carbocycles. The van der Waals surface area contributed by atoms with Crippen LogP contribution in [0.1, 0.15) is 25.7 Å². The molecule has 1 aliphatic carbocycles. The maximum Gasteiger partial charge on any atom is 0.241 e. The molecule has 0 aliphatic heterocycles. The molecule has 1 aliphatic rings. The summed E-state index contributed by atoms with van der Waals surface area (Å²) in [5.41, 5.74) is 4.15. The number of imidazole rings is 1. The number of anilines is 1. The first kappa shape index (κ1) is 16.3. The number of hydrogen-bond donors (Lipinski definition) is 1. The van der Waals surface area contributed by atoms with Crippen molar-refractivity contribution in [1.82, 2.24) is 24.0 Å². The van der Waals surface area contributed by atoms with Gasteiger partial charge in [-0.15, -0.1) is 5.10 Å². The molecular weight excluding hydrogens is 340 g/mol. The number of methoxy groups -OCH3 is 1. The lowest BCUT2D eigenvalue weighted by molar-refractivity contribution is 0.0681. The van der Waals surface area contributed by atoms with Gasteiger partial charge in [0.25, 0.3) is 0 Å². The number of hydrogen-bond acceptors (Lipinski definition) is 5. The highest BCUT2D eigenvalue weighted by molar-refractivity contribution is 5.80. The van der Waals surface area contributed by atoms with Crippen LogP contribution in [-0.2, 0) is 4.74 Å². The molecule has 138 valence electrons. The fourth-order valence-corrected chi connectivity index (χ4v) is 3.92. The van der Waals surface area contributed by atoms with E-state index in [-0.39, 0.29) is 0 Å². The van der Waals surface area contributed by atoms with Crippen molar-refractivity contribution in [1.29, 1.82) is 0 Å². The number of fused-ring (bicyclic) bond motifs is 2. The normalized spacial score (nSPS) is 20.3. The fourth-order valence-electron chi connectivity index (χ4n) is 3.92. The van der Waals surface area contributed by atoms with Crippen LogP contribution in [0.5, 0.6) is 0 Å². The van der Waals surface area contributed by atoms with Gasteiger partial charge < -0.3 is 14.5 Å². The fraction of sp³-hybridized carbons (Fsp3) is 0.350. The minimum Gasteiger partial charge on any atom is -0.381 e. The van der Waals surface area contributed by atoms with Crippen molar-refractivity contribution in [3.05, 3.63) is 49.2 Å². The zero-order valence-corrected chi connectivity index (χ0v) is 15.2. The van der Waals surface area contributed by atoms with E-state index in [0.29, 0.717) is 18.1 Å². The van der Waals surface area contributed by atoms with E-state index in [2.05, 4.69) is 38.7 Å². The van der Waals surface area contributed by atoms with Crippen LogP contribution in [0.4, 0.5) is 5.95 Å². The first-order chi connectivity index (χ1) is 13.3. The predicted octanol–water partition coefficient (Wildman–Crippen LogP) is 3.41. The maximum atomic E-state index is 5.44. The Morgan fingerprint density at radius 2 is 1.96 bits per heavy atom. The van der Waals surface area contributed by atoms with E-state index < -0.39 is 0 Å². The summed E-state index contributed by atoms with van der Waals surface area (Å²) in [6.07, 6.45) is 14.4. The highest BCUT2D eigenvalue weighted by atomic mass is 16.5. The summed E-state index contributed by atoms with van der Waals surface area (Å²) in [6.45, 7) is 0. The molecule has 0 aromatic carbocycles. The zero-order valence-electron chi connectivity index (χ0n) is 15.2. The van der Waals surface area contributed by atoms with Crippen LogP contribution in [0, 0.1) is 0 Å². The summed E-state index contributed by atoms with van der Waals surface area (Å²) in [5, 5.41) is 8.13. The highest BCUT2D eigenvalue weighted by Crippen LogP contribution is 2.26. The molecule has 4 aromatic rings. The smallest absolute Gasteiger partial charge is 0.241 e. The van der Waals surface area contributed by atoms with Gasteiger partial charge in [-0.3, -0.25) is 0 Å². The number of nitrogens with zero attached hydrogens (tertiary/aromatic N) is 5. The average Bonchev–Trinajstić information content (AvgIpc) is 3.34. The monoisotopic (exact) mass is 362 g/mol. The maximum absolute atomic E-state index is 5.44. The van der Waals surface area contributed by atoms with E-state index >= 15 is 0 Å². The van der Waals surface area contributed by atoms with Crippen LogP contribution in [0.3, 0.4) is 0 Å². The van der Waals surface area contributed by atoms with Crippen molar-refractivity contribution in [2.24, 2.45) is 0 Å². The van der Waals surface area contributed by atoms with Crippen LogP contribution in [0.25, 0.3) is 22.3 Å². The molecule has 0 unspecified atom stereocenters. The molecule has 4 heterocycles. The topological polar surface area (TPSA) is 68.8 Å². The van der Waals surface area contributed by atoms with Crippen LogP contribution in [0.15, 0.2) is 49.2 Å². The van der Waals surface area contributed by atoms with Crippen molar-refractivity contribution < 1.29 is 4.74 Å². The second kappa shape index (κ2) is 6.66. The zero-order chi connectivity index (χ0) is 18.2. The second-order valence-electron chi connectivity index (χ2n) is 7.11. The Morgan fingerprint density at radius 1 is 1.07 bits per heavy atom. The molecule has 7 nitrogen and oxygen atoms in total. The van der Waals surface area contributed by atoms with Gasteiger partial charge in [-0.2, -0.15) is 0 Å². The summed E-state index contributed by atoms with van der Waals surface area (Å²) in [7, 11) is 1.80. The van der Waals surface area contributed by atoms with Crippen molar-refractivity contribution in [2.45, 2.75) is 37.8 Å². The molecular formula is C20H22N6O. The SMILES string of the molecule is CO[C@H]1CC[C@H](Nc2ncc3c(-c4ccc5nccn5c4)ccn3n2)CC1. The number of nitrogens with one attached hydrogen (secondary N) is 1. The van der Waals surface area contributed by atoms with Crippen LogP contribution >= 0.6 is 0 Å². The standard InChI is InChI=1S/C20H22N6O/c1-27-16-5-3-15(4-6-16)23-20-22-12-18-17(8-10-26(18)24-20)14-2-7-19-21-9-11-25(19)13-14/h2,7-13,15-16H,3-6H2,1H3,(H,23,24)/t15-,16-. The van der Waals surface area contributed by atoms with Gasteiger partial charge in [0.2, 0.25) is 5.95 Å². The van der Waals surface area contributed by atoms with Crippen LogP contribution in [0.2, 0.25) is 0 Å². The van der Waals surface area contributed by atoms with E-state index in [4.69, 9.17) is 4.74 Å². The van der Waals surface area contributed by atoms with Crippen molar-refractivity contribution >= 4 is 17.1 Å². The molecule has 0 atom stereocenters. The van der Waals surface area contributed by atoms with E-state index in [0.717, 1.165) is 48.0 Å². The predicted molar refractivity (Wildman–Crippen MR) is 104 cm³/mol. The van der Waals surface area contributed by atoms with E-state index in [1.54, 1.807) is 13.3 Å². The minimum absolute atomic E-state index is 0.395. The molecule has 0 spiro atoms. The molecule has 0 amide bonds. The Kier molecular flexibility index (Phi) is 4.01. The first-order valence-corrected chi connectivity index (χ1v) is 9.37. The van der Waals surface area contributed by atoms with Gasteiger partial charge in [0, 0.05) is 49.1 Å². The van der Waals surface area contributed by atoms with Crippen LogP contribution in [-0.4, -0.2) is 43.2 Å². The summed E-state index contributed by atoms with van der Waals surface area (Å²) < 4.78 is 9.36. The molecule has 0 saturated heterocycles. The molecule has 1 fully saturated rings. The van der Waals surface area contributed by atoms with Gasteiger partial charge in [0.15, 0.2) is 0 Å². The highest BCUT2D eigenvalue weighted by Gasteiger charge is 2.21. The molecule has 1 N–H and O–H groups in total. The second-order valence-corrected chi connectivity index (χ2v) is 7.11. The van der Waals surface area contributed by atoms with Gasteiger partial charge >= 0.3 is 0 Å². The number of rotatable bonds is 4. The molecule has 27 heavy (non-hydrogen) atoms. The lowest BCUT2D eigenvalue weighted by Gasteiger charge is -2.28. The Bertz CT molecular complexity index is 1080. The van der Waals surface area contributed by atoms with Crippen molar-refractivity contribution in [3.63, 3.8) is 0 Å². The first-order valence-electron chi connectivity index (χ1n) is 9.37. The van der Waals surface area contributed by atoms with Crippen LogP contribution < -0.4 is 5.32 Å². The van der Waals surface area contributed by atoms with Gasteiger partial charge in [-0.05, 0) is 43.9 Å². The molecule has 0 bridgehead atoms. The van der Waals surface area contributed by atoms with Crippen molar-refractivity contribution in [2.75, 3.05) is 12.4 Å². The third-order valence-corrected chi connectivity index (χ3v) is 5.46. The minimum atomic E-state index is 0.395. The summed E-state index contributed by atoms with van der Waals surface area (Å²) in [6, 6.07) is 6.59. The van der Waals surface area contributed by atoms with Gasteiger partial charge in [0.1, 0.15) is 5.65 Å². The summed E-state index contributed by atoms with van der Waals surface area (Å²) in [4.78, 5) is 8.85. The van der Waals surface area contributed by atoms with E-state index in [1.807, 2.05) is 33.6 Å². The quantitative estimate of drug-likeness (QED) is 0.602. The summed E-state index contributed by atoms with van der Waals surface area (Å²) >= 11 is 0. The largest absolute Gasteiger partial charge is 0.381 e. The van der Waals surface area contributed by atoms with E-state index in [1.165, 1.54) is 0 Å². The lowest BCUT2D eigenvalue weighted by Crippen LogP contribution is -2.30. The molecule has 0 radical (unpaired) electrons. The molecule has 4 aromatic heterocycles. The molecule has 5 rings (SSSR count). The van der Waals surface area contributed by atoms with Gasteiger partial charge in [0.05, 0.1) is 17.8 Å². The lowest BCUT2D eigenvalue weighted by atomic mass is 9.93. The third kappa shape index (κ3) is 3.04.